The van der Waals surface area contributed by atoms with Crippen LogP contribution in [0.2, 0.25) is 0 Å². The molecule has 2 amide bonds. The summed E-state index contributed by atoms with van der Waals surface area (Å²) in [5.41, 5.74) is 3.86. The summed E-state index contributed by atoms with van der Waals surface area (Å²) >= 11 is 4.70. The highest BCUT2D eigenvalue weighted by atomic mass is 32.1. The molecule has 0 spiro atoms. The molecule has 41 heavy (non-hydrogen) atoms. The van der Waals surface area contributed by atoms with E-state index in [0.717, 1.165) is 29.0 Å². The van der Waals surface area contributed by atoms with Crippen molar-refractivity contribution in [3.05, 3.63) is 71.4 Å². The van der Waals surface area contributed by atoms with Crippen molar-refractivity contribution in [1.29, 1.82) is 5.41 Å². The number of piperidine rings is 1. The Labute approximate surface area is 240 Å². The van der Waals surface area contributed by atoms with Gasteiger partial charge in [0.2, 0.25) is 11.8 Å². The number of rotatable bonds is 7. The molecule has 212 valence electrons. The minimum Gasteiger partial charge on any atom is -0.361 e. The van der Waals surface area contributed by atoms with Gasteiger partial charge in [0.05, 0.1) is 34.2 Å². The van der Waals surface area contributed by atoms with Crippen molar-refractivity contribution >= 4 is 51.9 Å². The highest BCUT2D eigenvalue weighted by molar-refractivity contribution is 7.90. The monoisotopic (exact) mass is 578 g/mol. The van der Waals surface area contributed by atoms with Crippen molar-refractivity contribution in [3.63, 3.8) is 0 Å². The maximum Gasteiger partial charge on any atom is 0.227 e. The van der Waals surface area contributed by atoms with Crippen LogP contribution >= 0.6 is 12.6 Å². The average Bonchev–Trinajstić information content (AvgIpc) is 3.48. The Balaban J connectivity index is 1.70. The fourth-order valence-electron chi connectivity index (χ4n) is 5.22. The molecule has 5 rings (SSSR count). The number of fused-ring (bicyclic) bond motifs is 1. The molecule has 1 atom stereocenters. The van der Waals surface area contributed by atoms with Crippen LogP contribution in [0, 0.1) is 30.9 Å². The maximum absolute atomic E-state index is 14.3. The molecule has 2 aromatic carbocycles. The first-order valence-corrected chi connectivity index (χ1v) is 13.5. The first kappa shape index (κ1) is 28.2. The van der Waals surface area contributed by atoms with E-state index in [0.29, 0.717) is 40.5 Å². The molecule has 1 unspecified atom stereocenters. The van der Waals surface area contributed by atoms with Crippen LogP contribution in [0.3, 0.4) is 0 Å². The standard InChI is InChI=1S/C29H28F2N6O3S/c1-15-28(16(2)40-35-15)17-7-10-23-22(11-17)34-29(37(23)27(41)13-18(32)12-25(38)33-3)24-5-4-6-26(39)36(24)19-8-9-20(30)21(31)14-19/h7-11,13-14,24,32,41H,4-6,12H2,1-3H3,(H,33,38)/b27-13-,32-18?. The fraction of sp³-hybridized carbons (Fsp3) is 0.276. The Morgan fingerprint density at radius 2 is 2.00 bits per heavy atom. The first-order chi connectivity index (χ1) is 19.6. The Kier molecular flexibility index (Phi) is 7.76. The van der Waals surface area contributed by atoms with Crippen LogP contribution in [-0.4, -0.2) is 39.3 Å². The zero-order valence-electron chi connectivity index (χ0n) is 22.7. The number of halogens is 2. The van der Waals surface area contributed by atoms with Gasteiger partial charge in [-0.25, -0.2) is 13.8 Å². The first-order valence-electron chi connectivity index (χ1n) is 13.0. The highest BCUT2D eigenvalue weighted by Crippen LogP contribution is 2.39. The predicted molar refractivity (Wildman–Crippen MR) is 155 cm³/mol. The Bertz CT molecular complexity index is 1710. The second kappa shape index (κ2) is 11.3. The molecule has 1 aliphatic rings. The van der Waals surface area contributed by atoms with Crippen LogP contribution in [0.4, 0.5) is 14.5 Å². The number of benzene rings is 2. The molecule has 4 aromatic rings. The third-order valence-corrected chi connectivity index (χ3v) is 7.42. The molecule has 12 heteroatoms. The number of aryl methyl sites for hydroxylation is 2. The predicted octanol–water partition coefficient (Wildman–Crippen LogP) is 5.73. The Morgan fingerprint density at radius 1 is 1.22 bits per heavy atom. The summed E-state index contributed by atoms with van der Waals surface area (Å²) in [4.78, 5) is 31.5. The van der Waals surface area contributed by atoms with Crippen molar-refractivity contribution in [2.45, 2.75) is 45.6 Å². The van der Waals surface area contributed by atoms with Gasteiger partial charge in [0, 0.05) is 36.5 Å². The van der Waals surface area contributed by atoms with Gasteiger partial charge in [0.15, 0.2) is 11.6 Å². The number of carbonyl (C=O) groups is 2. The summed E-state index contributed by atoms with van der Waals surface area (Å²) < 4.78 is 35.1. The van der Waals surface area contributed by atoms with Crippen LogP contribution < -0.4 is 10.2 Å². The lowest BCUT2D eigenvalue weighted by Crippen LogP contribution is -2.39. The number of anilines is 1. The topological polar surface area (TPSA) is 117 Å². The summed E-state index contributed by atoms with van der Waals surface area (Å²) in [6.45, 7) is 3.67. The smallest absolute Gasteiger partial charge is 0.227 e. The number of allylic oxidation sites excluding steroid dienone is 1. The number of hydrogen-bond donors (Lipinski definition) is 3. The zero-order chi connectivity index (χ0) is 29.4. The van der Waals surface area contributed by atoms with E-state index in [1.807, 2.05) is 32.0 Å². The van der Waals surface area contributed by atoms with E-state index >= 15 is 0 Å². The third kappa shape index (κ3) is 5.39. The lowest BCUT2D eigenvalue weighted by Gasteiger charge is -2.35. The molecular weight excluding hydrogens is 550 g/mol. The van der Waals surface area contributed by atoms with Crippen LogP contribution in [0.5, 0.6) is 0 Å². The second-order valence-electron chi connectivity index (χ2n) is 9.86. The second-order valence-corrected chi connectivity index (χ2v) is 10.3. The molecule has 2 N–H and O–H groups in total. The van der Waals surface area contributed by atoms with E-state index in [9.17, 15) is 18.4 Å². The number of hydrogen-bond acceptors (Lipinski definition) is 7. The lowest BCUT2D eigenvalue weighted by molar-refractivity contribution is -0.120. The zero-order valence-corrected chi connectivity index (χ0v) is 23.6. The van der Waals surface area contributed by atoms with E-state index in [1.54, 1.807) is 4.57 Å². The van der Waals surface area contributed by atoms with Gasteiger partial charge in [0.25, 0.3) is 0 Å². The largest absolute Gasteiger partial charge is 0.361 e. The van der Waals surface area contributed by atoms with Crippen LogP contribution in [0.1, 0.15) is 49.0 Å². The molecular formula is C29H28F2N6O3S. The number of thiol groups is 1. The minimum absolute atomic E-state index is 0.0201. The Morgan fingerprint density at radius 3 is 2.68 bits per heavy atom. The van der Waals surface area contributed by atoms with E-state index < -0.39 is 17.7 Å². The quantitative estimate of drug-likeness (QED) is 0.191. The molecule has 0 radical (unpaired) electrons. The normalized spacial score (nSPS) is 16.0. The molecule has 1 fully saturated rings. The Hall–Kier alpha value is -4.32. The number of nitrogens with one attached hydrogen (secondary N) is 2. The van der Waals surface area contributed by atoms with E-state index in [-0.39, 0.29) is 36.1 Å². The van der Waals surface area contributed by atoms with E-state index in [1.165, 1.54) is 24.1 Å². The van der Waals surface area contributed by atoms with E-state index in [4.69, 9.17) is 27.5 Å². The van der Waals surface area contributed by atoms with Crippen LogP contribution in [0.25, 0.3) is 27.2 Å². The van der Waals surface area contributed by atoms with Crippen molar-refractivity contribution in [3.8, 4) is 11.1 Å². The molecule has 0 saturated carbocycles. The maximum atomic E-state index is 14.3. The van der Waals surface area contributed by atoms with Gasteiger partial charge in [-0.1, -0.05) is 11.2 Å². The average molecular weight is 579 g/mol. The van der Waals surface area contributed by atoms with E-state index in [2.05, 4.69) is 10.5 Å². The molecule has 3 heterocycles. The summed E-state index contributed by atoms with van der Waals surface area (Å²) in [5, 5.41) is 15.2. The summed E-state index contributed by atoms with van der Waals surface area (Å²) in [6, 6.07) is 8.36. The number of amides is 2. The van der Waals surface area contributed by atoms with Crippen LogP contribution in [-0.2, 0) is 9.59 Å². The van der Waals surface area contributed by atoms with Gasteiger partial charge < -0.3 is 20.1 Å². The van der Waals surface area contributed by atoms with Gasteiger partial charge in [0.1, 0.15) is 11.6 Å². The third-order valence-electron chi connectivity index (χ3n) is 7.09. The minimum atomic E-state index is -1.06. The molecule has 0 bridgehead atoms. The molecule has 1 saturated heterocycles. The number of aromatic nitrogens is 3. The van der Waals surface area contributed by atoms with Crippen LogP contribution in [0.15, 0.2) is 47.0 Å². The van der Waals surface area contributed by atoms with Gasteiger partial charge in [-0.2, -0.15) is 0 Å². The van der Waals surface area contributed by atoms with Crippen molar-refractivity contribution in [1.82, 2.24) is 20.0 Å². The van der Waals surface area contributed by atoms with Crippen molar-refractivity contribution in [2.75, 3.05) is 11.9 Å². The lowest BCUT2D eigenvalue weighted by atomic mass is 9.99. The molecule has 1 aliphatic heterocycles. The van der Waals surface area contributed by atoms with Gasteiger partial charge >= 0.3 is 0 Å². The SMILES string of the molecule is CNC(=O)CC(=N)/C=C(\S)n1c(C2CCCC(=O)N2c2ccc(F)c(F)c2)nc2cc(-c3c(C)noc3C)ccc21. The number of nitrogens with zero attached hydrogens (tertiary/aromatic N) is 4. The van der Waals surface area contributed by atoms with Crippen molar-refractivity contribution < 1.29 is 22.9 Å². The summed E-state index contributed by atoms with van der Waals surface area (Å²) in [7, 11) is 1.49. The van der Waals surface area contributed by atoms with Gasteiger partial charge in [-0.05, 0) is 62.6 Å². The van der Waals surface area contributed by atoms with Gasteiger partial charge in [-0.15, -0.1) is 12.6 Å². The van der Waals surface area contributed by atoms with Crippen molar-refractivity contribution in [2.24, 2.45) is 0 Å². The molecule has 9 nitrogen and oxygen atoms in total. The molecule has 2 aromatic heterocycles. The summed E-state index contributed by atoms with van der Waals surface area (Å²) in [5.74, 6) is -1.56. The van der Waals surface area contributed by atoms with Gasteiger partial charge in [-0.3, -0.25) is 14.2 Å². The fourth-order valence-corrected chi connectivity index (χ4v) is 5.59. The number of imidazole rings is 1. The molecule has 0 aliphatic carbocycles. The number of carbonyl (C=O) groups excluding carboxylic acids is 2. The summed E-state index contributed by atoms with van der Waals surface area (Å²) in [6.07, 6.45) is 2.61. The highest BCUT2D eigenvalue weighted by Gasteiger charge is 2.35.